The second-order valence-corrected chi connectivity index (χ2v) is 7.76. The number of hydrogen-bond acceptors (Lipinski definition) is 5. The van der Waals surface area contributed by atoms with E-state index in [1.165, 1.54) is 12.8 Å². The van der Waals surface area contributed by atoms with Gasteiger partial charge in [0.1, 0.15) is 0 Å². The summed E-state index contributed by atoms with van der Waals surface area (Å²) in [6, 6.07) is 5.99. The molecule has 3 heterocycles. The highest BCUT2D eigenvalue weighted by Crippen LogP contribution is 2.41. The van der Waals surface area contributed by atoms with E-state index in [1.54, 1.807) is 4.68 Å². The SMILES string of the molecule is Cc1ccn(-c2ccc(N3CC(C)(C)OC4(CCCC4)C3)nn2)n1. The molecule has 128 valence electrons. The Morgan fingerprint density at radius 1 is 1.00 bits per heavy atom. The van der Waals surface area contributed by atoms with E-state index in [2.05, 4.69) is 34.0 Å². The maximum atomic E-state index is 6.47. The number of morpholine rings is 1. The van der Waals surface area contributed by atoms with Crippen molar-refractivity contribution < 1.29 is 4.74 Å². The molecule has 1 aliphatic heterocycles. The summed E-state index contributed by atoms with van der Waals surface area (Å²) in [7, 11) is 0. The fraction of sp³-hybridized carbons (Fsp3) is 0.611. The fourth-order valence-electron chi connectivity index (χ4n) is 4.11. The first-order valence-corrected chi connectivity index (χ1v) is 8.76. The van der Waals surface area contributed by atoms with Gasteiger partial charge in [0, 0.05) is 19.3 Å². The first-order chi connectivity index (χ1) is 11.4. The molecule has 24 heavy (non-hydrogen) atoms. The van der Waals surface area contributed by atoms with Gasteiger partial charge < -0.3 is 9.64 Å². The maximum Gasteiger partial charge on any atom is 0.175 e. The molecule has 0 atom stereocenters. The zero-order chi connectivity index (χ0) is 16.8. The van der Waals surface area contributed by atoms with Gasteiger partial charge >= 0.3 is 0 Å². The summed E-state index contributed by atoms with van der Waals surface area (Å²) in [6.45, 7) is 8.06. The van der Waals surface area contributed by atoms with E-state index in [9.17, 15) is 0 Å². The van der Waals surface area contributed by atoms with Crippen molar-refractivity contribution in [1.82, 2.24) is 20.0 Å². The van der Waals surface area contributed by atoms with Crippen molar-refractivity contribution in [3.05, 3.63) is 30.1 Å². The Balaban J connectivity index is 1.58. The van der Waals surface area contributed by atoms with E-state index in [0.717, 1.165) is 43.3 Å². The molecule has 1 saturated heterocycles. The third-order valence-electron chi connectivity index (χ3n) is 4.98. The minimum atomic E-state index is -0.165. The first kappa shape index (κ1) is 15.6. The van der Waals surface area contributed by atoms with Crippen molar-refractivity contribution in [1.29, 1.82) is 0 Å². The fourth-order valence-corrected chi connectivity index (χ4v) is 4.11. The van der Waals surface area contributed by atoms with Crippen LogP contribution in [0.15, 0.2) is 24.4 Å². The third kappa shape index (κ3) is 2.90. The molecule has 2 aromatic heterocycles. The van der Waals surface area contributed by atoms with Gasteiger partial charge in [0.15, 0.2) is 11.6 Å². The number of aryl methyl sites for hydroxylation is 1. The molecule has 0 N–H and O–H groups in total. The van der Waals surface area contributed by atoms with Gasteiger partial charge in [0.25, 0.3) is 0 Å². The summed E-state index contributed by atoms with van der Waals surface area (Å²) in [5, 5.41) is 13.2. The molecule has 0 radical (unpaired) electrons. The Morgan fingerprint density at radius 2 is 1.71 bits per heavy atom. The molecular formula is C18H25N5O. The number of rotatable bonds is 2. The van der Waals surface area contributed by atoms with Crippen molar-refractivity contribution >= 4 is 5.82 Å². The van der Waals surface area contributed by atoms with Crippen LogP contribution in [-0.4, -0.2) is 44.3 Å². The molecule has 6 nitrogen and oxygen atoms in total. The van der Waals surface area contributed by atoms with Gasteiger partial charge in [-0.25, -0.2) is 4.68 Å². The molecule has 0 bridgehead atoms. The maximum absolute atomic E-state index is 6.47. The molecule has 0 aromatic carbocycles. The molecule has 2 aliphatic rings. The van der Waals surface area contributed by atoms with Crippen LogP contribution in [0.2, 0.25) is 0 Å². The van der Waals surface area contributed by atoms with E-state index < -0.39 is 0 Å². The average molecular weight is 327 g/mol. The smallest absolute Gasteiger partial charge is 0.175 e. The lowest BCUT2D eigenvalue weighted by Crippen LogP contribution is -2.59. The van der Waals surface area contributed by atoms with Crippen LogP contribution in [0.1, 0.15) is 45.2 Å². The third-order valence-corrected chi connectivity index (χ3v) is 4.98. The molecular weight excluding hydrogens is 302 g/mol. The van der Waals surface area contributed by atoms with Crippen LogP contribution >= 0.6 is 0 Å². The molecule has 0 amide bonds. The number of nitrogens with zero attached hydrogens (tertiary/aromatic N) is 5. The lowest BCUT2D eigenvalue weighted by Gasteiger charge is -2.49. The van der Waals surface area contributed by atoms with E-state index in [-0.39, 0.29) is 11.2 Å². The monoisotopic (exact) mass is 327 g/mol. The summed E-state index contributed by atoms with van der Waals surface area (Å²) in [5.41, 5.74) is 0.794. The highest BCUT2D eigenvalue weighted by atomic mass is 16.5. The zero-order valence-corrected chi connectivity index (χ0v) is 14.7. The van der Waals surface area contributed by atoms with Crippen LogP contribution in [0.5, 0.6) is 0 Å². The van der Waals surface area contributed by atoms with Gasteiger partial charge in [0.05, 0.1) is 16.9 Å². The van der Waals surface area contributed by atoms with Crippen LogP contribution in [0.3, 0.4) is 0 Å². The van der Waals surface area contributed by atoms with Crippen molar-refractivity contribution in [3.63, 3.8) is 0 Å². The lowest BCUT2D eigenvalue weighted by molar-refractivity contribution is -0.148. The minimum absolute atomic E-state index is 0.0127. The molecule has 2 aromatic rings. The number of hydrogen-bond donors (Lipinski definition) is 0. The first-order valence-electron chi connectivity index (χ1n) is 8.76. The van der Waals surface area contributed by atoms with Crippen molar-refractivity contribution in [2.24, 2.45) is 0 Å². The largest absolute Gasteiger partial charge is 0.365 e. The Kier molecular flexibility index (Phi) is 3.60. The minimum Gasteiger partial charge on any atom is -0.365 e. The van der Waals surface area contributed by atoms with Crippen molar-refractivity contribution in [2.75, 3.05) is 18.0 Å². The number of aromatic nitrogens is 4. The summed E-state index contributed by atoms with van der Waals surface area (Å²) < 4.78 is 8.22. The predicted octanol–water partition coefficient (Wildman–Crippen LogP) is 2.90. The van der Waals surface area contributed by atoms with Gasteiger partial charge in [-0.05, 0) is 51.8 Å². The van der Waals surface area contributed by atoms with E-state index in [0.29, 0.717) is 0 Å². The zero-order valence-electron chi connectivity index (χ0n) is 14.7. The van der Waals surface area contributed by atoms with Gasteiger partial charge in [-0.15, -0.1) is 10.2 Å². The van der Waals surface area contributed by atoms with Crippen LogP contribution in [0, 0.1) is 6.92 Å². The van der Waals surface area contributed by atoms with Gasteiger partial charge in [-0.2, -0.15) is 5.10 Å². The number of ether oxygens (including phenoxy) is 1. The normalized spacial score (nSPS) is 22.2. The lowest BCUT2D eigenvalue weighted by atomic mass is 9.94. The average Bonchev–Trinajstić information content (AvgIpc) is 3.15. The van der Waals surface area contributed by atoms with E-state index >= 15 is 0 Å². The summed E-state index contributed by atoms with van der Waals surface area (Å²) >= 11 is 0. The molecule has 1 spiro atoms. The van der Waals surface area contributed by atoms with Crippen LogP contribution < -0.4 is 4.90 Å². The van der Waals surface area contributed by atoms with Crippen molar-refractivity contribution in [2.45, 2.75) is 57.7 Å². The van der Waals surface area contributed by atoms with E-state index in [1.807, 2.05) is 31.3 Å². The van der Waals surface area contributed by atoms with Gasteiger partial charge in [-0.1, -0.05) is 12.8 Å². The number of anilines is 1. The topological polar surface area (TPSA) is 56.1 Å². The standard InChI is InChI=1S/C18H25N5O/c1-14-8-11-23(21-14)16-7-6-15(19-20-16)22-12-17(2,3)24-18(13-22)9-4-5-10-18/h6-8,11H,4-5,9-10,12-13H2,1-3H3. The Bertz CT molecular complexity index is 715. The molecule has 1 saturated carbocycles. The van der Waals surface area contributed by atoms with Gasteiger partial charge in [-0.3, -0.25) is 0 Å². The molecule has 4 rings (SSSR count). The van der Waals surface area contributed by atoms with Crippen LogP contribution in [0.25, 0.3) is 5.82 Å². The summed E-state index contributed by atoms with van der Waals surface area (Å²) in [6.07, 6.45) is 6.71. The molecule has 6 heteroatoms. The highest BCUT2D eigenvalue weighted by molar-refractivity contribution is 5.41. The second-order valence-electron chi connectivity index (χ2n) is 7.76. The van der Waals surface area contributed by atoms with Crippen LogP contribution in [-0.2, 0) is 4.74 Å². The van der Waals surface area contributed by atoms with E-state index in [4.69, 9.17) is 4.74 Å². The second kappa shape index (κ2) is 5.55. The highest BCUT2D eigenvalue weighted by Gasteiger charge is 2.46. The Labute approximate surface area is 142 Å². The quantitative estimate of drug-likeness (QED) is 0.849. The summed E-state index contributed by atoms with van der Waals surface area (Å²) in [4.78, 5) is 2.33. The van der Waals surface area contributed by atoms with Crippen molar-refractivity contribution in [3.8, 4) is 5.82 Å². The molecule has 0 unspecified atom stereocenters. The predicted molar refractivity (Wildman–Crippen MR) is 92.5 cm³/mol. The van der Waals surface area contributed by atoms with Gasteiger partial charge in [0.2, 0.25) is 0 Å². The summed E-state index contributed by atoms with van der Waals surface area (Å²) in [5.74, 6) is 1.67. The molecule has 2 fully saturated rings. The van der Waals surface area contributed by atoms with Crippen LogP contribution in [0.4, 0.5) is 5.82 Å². The molecule has 1 aliphatic carbocycles. The Morgan fingerprint density at radius 3 is 2.33 bits per heavy atom. The Hall–Kier alpha value is -1.95.